The molecule has 1 heterocycles. The minimum absolute atomic E-state index is 0.149. The summed E-state index contributed by atoms with van der Waals surface area (Å²) in [5.74, 6) is 0. The van der Waals surface area contributed by atoms with Gasteiger partial charge in [-0.3, -0.25) is 0 Å². The number of rotatable bonds is 3. The molecule has 1 aliphatic heterocycles. The first-order valence-corrected chi connectivity index (χ1v) is 9.06. The summed E-state index contributed by atoms with van der Waals surface area (Å²) >= 11 is 3.34. The van der Waals surface area contributed by atoms with Crippen molar-refractivity contribution in [3.63, 3.8) is 0 Å². The van der Waals surface area contributed by atoms with E-state index in [1.807, 2.05) is 0 Å². The third-order valence-corrected chi connectivity index (χ3v) is 6.21. The summed E-state index contributed by atoms with van der Waals surface area (Å²) in [6.45, 7) is 2.72. The Kier molecular flexibility index (Phi) is 5.03. The van der Waals surface area contributed by atoms with E-state index in [1.165, 1.54) is 0 Å². The van der Waals surface area contributed by atoms with Crippen LogP contribution < -0.4 is 0 Å². The number of nitrogens with zero attached hydrogens (tertiary/aromatic N) is 1. The van der Waals surface area contributed by atoms with Gasteiger partial charge in [0.25, 0.3) is 0 Å². The quantitative estimate of drug-likeness (QED) is 0.835. The first-order valence-electron chi connectivity index (χ1n) is 6.83. The lowest BCUT2D eigenvalue weighted by Crippen LogP contribution is -2.39. The smallest absolute Gasteiger partial charge is 0.207 e. The van der Waals surface area contributed by atoms with E-state index in [2.05, 4.69) is 22.9 Å². The number of halogens is 1. The van der Waals surface area contributed by atoms with E-state index >= 15 is 0 Å². The zero-order valence-corrected chi connectivity index (χ0v) is 13.6. The van der Waals surface area contributed by atoms with Gasteiger partial charge in [-0.1, -0.05) is 35.7 Å². The molecular formula is C14H20BrNO2S. The third kappa shape index (κ3) is 3.38. The molecule has 1 aliphatic rings. The Morgan fingerprint density at radius 1 is 1.21 bits per heavy atom. The minimum atomic E-state index is -3.35. The lowest BCUT2D eigenvalue weighted by atomic mass is 10.1. The van der Waals surface area contributed by atoms with Crippen molar-refractivity contribution in [3.8, 4) is 0 Å². The summed E-state index contributed by atoms with van der Waals surface area (Å²) in [6, 6.07) is 7.07. The van der Waals surface area contributed by atoms with Crippen LogP contribution >= 0.6 is 15.9 Å². The Balaban J connectivity index is 2.33. The molecule has 19 heavy (non-hydrogen) atoms. The highest BCUT2D eigenvalue weighted by atomic mass is 79.9. The van der Waals surface area contributed by atoms with Crippen LogP contribution in [0.25, 0.3) is 0 Å². The van der Waals surface area contributed by atoms with E-state index in [0.29, 0.717) is 11.4 Å². The largest absolute Gasteiger partial charge is 0.243 e. The molecule has 0 aliphatic carbocycles. The SMILES string of the molecule is CCC1CCCCCN1S(=O)(=O)c1ccc(Br)cc1. The molecule has 0 radical (unpaired) electrons. The highest BCUT2D eigenvalue weighted by Gasteiger charge is 2.31. The van der Waals surface area contributed by atoms with Gasteiger partial charge in [-0.05, 0) is 43.5 Å². The number of hydrogen-bond donors (Lipinski definition) is 0. The summed E-state index contributed by atoms with van der Waals surface area (Å²) in [4.78, 5) is 0.399. The number of benzene rings is 1. The van der Waals surface area contributed by atoms with Crippen molar-refractivity contribution in [2.45, 2.75) is 50.0 Å². The molecule has 106 valence electrons. The van der Waals surface area contributed by atoms with E-state index in [-0.39, 0.29) is 6.04 Å². The van der Waals surface area contributed by atoms with Crippen LogP contribution in [0.4, 0.5) is 0 Å². The van der Waals surface area contributed by atoms with Crippen LogP contribution in [-0.4, -0.2) is 25.3 Å². The zero-order chi connectivity index (χ0) is 13.9. The predicted molar refractivity (Wildman–Crippen MR) is 80.6 cm³/mol. The van der Waals surface area contributed by atoms with E-state index in [9.17, 15) is 8.42 Å². The lowest BCUT2D eigenvalue weighted by molar-refractivity contribution is 0.315. The summed E-state index contributed by atoms with van der Waals surface area (Å²) in [5.41, 5.74) is 0. The molecule has 2 rings (SSSR count). The van der Waals surface area contributed by atoms with Gasteiger partial charge in [0.2, 0.25) is 10.0 Å². The molecule has 1 fully saturated rings. The summed E-state index contributed by atoms with van der Waals surface area (Å²) in [6.07, 6.45) is 5.09. The standard InChI is InChI=1S/C14H20BrNO2S/c1-2-13-6-4-3-5-11-16(13)19(17,18)14-9-7-12(15)8-10-14/h7-10,13H,2-6,11H2,1H3. The molecule has 1 saturated heterocycles. The first-order chi connectivity index (χ1) is 9.05. The van der Waals surface area contributed by atoms with Gasteiger partial charge in [0.05, 0.1) is 4.90 Å². The summed E-state index contributed by atoms with van der Waals surface area (Å²) < 4.78 is 28.1. The van der Waals surface area contributed by atoms with Crippen LogP contribution in [0.1, 0.15) is 39.0 Å². The van der Waals surface area contributed by atoms with Crippen molar-refractivity contribution in [1.29, 1.82) is 0 Å². The van der Waals surface area contributed by atoms with Crippen LogP contribution in [0.15, 0.2) is 33.6 Å². The average Bonchev–Trinajstić information content (AvgIpc) is 2.64. The maximum Gasteiger partial charge on any atom is 0.243 e. The molecular weight excluding hydrogens is 326 g/mol. The number of hydrogen-bond acceptors (Lipinski definition) is 2. The van der Waals surface area contributed by atoms with E-state index < -0.39 is 10.0 Å². The third-order valence-electron chi connectivity index (χ3n) is 3.71. The fourth-order valence-electron chi connectivity index (χ4n) is 2.62. The Morgan fingerprint density at radius 2 is 1.89 bits per heavy atom. The Morgan fingerprint density at radius 3 is 2.53 bits per heavy atom. The second-order valence-corrected chi connectivity index (χ2v) is 7.79. The van der Waals surface area contributed by atoms with Crippen LogP contribution in [0, 0.1) is 0 Å². The van der Waals surface area contributed by atoms with Crippen molar-refractivity contribution in [2.24, 2.45) is 0 Å². The zero-order valence-electron chi connectivity index (χ0n) is 11.2. The predicted octanol–water partition coefficient (Wildman–Crippen LogP) is 3.79. The van der Waals surface area contributed by atoms with Crippen molar-refractivity contribution in [2.75, 3.05) is 6.54 Å². The molecule has 1 atom stereocenters. The monoisotopic (exact) mass is 345 g/mol. The van der Waals surface area contributed by atoms with E-state index in [1.54, 1.807) is 28.6 Å². The Labute approximate surface area is 124 Å². The molecule has 0 saturated carbocycles. The van der Waals surface area contributed by atoms with Gasteiger partial charge in [-0.2, -0.15) is 4.31 Å². The normalized spacial score (nSPS) is 22.1. The highest BCUT2D eigenvalue weighted by Crippen LogP contribution is 2.27. The van der Waals surface area contributed by atoms with Crippen molar-refractivity contribution in [3.05, 3.63) is 28.7 Å². The molecule has 0 aromatic heterocycles. The highest BCUT2D eigenvalue weighted by molar-refractivity contribution is 9.10. The molecule has 5 heteroatoms. The Hall–Kier alpha value is -0.390. The topological polar surface area (TPSA) is 37.4 Å². The van der Waals surface area contributed by atoms with Gasteiger partial charge in [0.15, 0.2) is 0 Å². The molecule has 1 unspecified atom stereocenters. The molecule has 0 N–H and O–H groups in total. The van der Waals surface area contributed by atoms with Gasteiger partial charge in [-0.25, -0.2) is 8.42 Å². The fraction of sp³-hybridized carbons (Fsp3) is 0.571. The first kappa shape index (κ1) is 15.0. The lowest BCUT2D eigenvalue weighted by Gasteiger charge is -2.28. The fourth-order valence-corrected chi connectivity index (χ4v) is 4.65. The van der Waals surface area contributed by atoms with Crippen LogP contribution in [0.2, 0.25) is 0 Å². The van der Waals surface area contributed by atoms with Gasteiger partial charge in [0, 0.05) is 17.1 Å². The van der Waals surface area contributed by atoms with Crippen LogP contribution in [-0.2, 0) is 10.0 Å². The molecule has 1 aromatic rings. The number of sulfonamides is 1. The summed E-state index contributed by atoms with van der Waals surface area (Å²) in [7, 11) is -3.35. The van der Waals surface area contributed by atoms with Crippen molar-refractivity contribution < 1.29 is 8.42 Å². The average molecular weight is 346 g/mol. The maximum atomic E-state index is 12.7. The Bertz CT molecular complexity index is 513. The van der Waals surface area contributed by atoms with Gasteiger partial charge >= 0.3 is 0 Å². The van der Waals surface area contributed by atoms with Crippen LogP contribution in [0.5, 0.6) is 0 Å². The second-order valence-electron chi connectivity index (χ2n) is 4.98. The molecule has 0 spiro atoms. The summed E-state index contributed by atoms with van der Waals surface area (Å²) in [5, 5.41) is 0. The molecule has 1 aromatic carbocycles. The van der Waals surface area contributed by atoms with Gasteiger partial charge in [-0.15, -0.1) is 0 Å². The molecule has 0 bridgehead atoms. The second kappa shape index (κ2) is 6.37. The van der Waals surface area contributed by atoms with E-state index in [0.717, 1.165) is 36.6 Å². The maximum absolute atomic E-state index is 12.7. The van der Waals surface area contributed by atoms with Crippen LogP contribution in [0.3, 0.4) is 0 Å². The molecule has 0 amide bonds. The minimum Gasteiger partial charge on any atom is -0.207 e. The van der Waals surface area contributed by atoms with E-state index in [4.69, 9.17) is 0 Å². The van der Waals surface area contributed by atoms with Crippen molar-refractivity contribution >= 4 is 26.0 Å². The molecule has 3 nitrogen and oxygen atoms in total. The van der Waals surface area contributed by atoms with Crippen molar-refractivity contribution in [1.82, 2.24) is 4.31 Å². The van der Waals surface area contributed by atoms with Gasteiger partial charge in [0.1, 0.15) is 0 Å². The van der Waals surface area contributed by atoms with Gasteiger partial charge < -0.3 is 0 Å².